The second-order valence-corrected chi connectivity index (χ2v) is 2.88. The van der Waals surface area contributed by atoms with Gasteiger partial charge >= 0.3 is 6.03 Å². The Balaban J connectivity index is 2.86. The molecule has 5 heteroatoms. The number of benzene rings is 1. The summed E-state index contributed by atoms with van der Waals surface area (Å²) < 4.78 is 1.16. The number of para-hydroxylation sites is 2. The van der Waals surface area contributed by atoms with Gasteiger partial charge in [-0.15, -0.1) is 0 Å². The lowest BCUT2D eigenvalue weighted by atomic mass is 10.3. The molecule has 0 spiro atoms. The first-order chi connectivity index (χ1) is 6.20. The predicted molar refractivity (Wildman–Crippen MR) is 49.7 cm³/mol. The van der Waals surface area contributed by atoms with Crippen molar-refractivity contribution in [3.8, 4) is 0 Å². The van der Waals surface area contributed by atoms with Crippen LogP contribution in [0.5, 0.6) is 0 Å². The Hall–Kier alpha value is -1.55. The SMILES string of the molecule is NC(=O)n1c(Cl)nc2ccccc21. The minimum absolute atomic E-state index is 0.0914. The monoisotopic (exact) mass is 195 g/mol. The van der Waals surface area contributed by atoms with Crippen LogP contribution in [0.4, 0.5) is 4.79 Å². The summed E-state index contributed by atoms with van der Waals surface area (Å²) in [7, 11) is 0. The highest BCUT2D eigenvalue weighted by Crippen LogP contribution is 2.18. The summed E-state index contributed by atoms with van der Waals surface area (Å²) in [6.45, 7) is 0. The molecule has 0 saturated carbocycles. The molecular formula is C8H6ClN3O. The third-order valence-corrected chi connectivity index (χ3v) is 1.99. The van der Waals surface area contributed by atoms with Gasteiger partial charge in [-0.3, -0.25) is 0 Å². The third kappa shape index (κ3) is 1.15. The zero-order chi connectivity index (χ0) is 9.42. The smallest absolute Gasteiger partial charge is 0.325 e. The van der Waals surface area contributed by atoms with E-state index in [1.54, 1.807) is 18.2 Å². The van der Waals surface area contributed by atoms with Crippen molar-refractivity contribution in [1.82, 2.24) is 9.55 Å². The zero-order valence-electron chi connectivity index (χ0n) is 6.57. The maximum absolute atomic E-state index is 11.0. The van der Waals surface area contributed by atoms with E-state index in [1.165, 1.54) is 0 Å². The van der Waals surface area contributed by atoms with E-state index in [4.69, 9.17) is 17.3 Å². The largest absolute Gasteiger partial charge is 0.351 e. The number of hydrogen-bond donors (Lipinski definition) is 1. The number of halogens is 1. The van der Waals surface area contributed by atoms with Crippen LogP contribution in [0.3, 0.4) is 0 Å². The van der Waals surface area contributed by atoms with E-state index in [9.17, 15) is 4.79 Å². The highest BCUT2D eigenvalue weighted by atomic mass is 35.5. The highest BCUT2D eigenvalue weighted by molar-refractivity contribution is 6.30. The maximum atomic E-state index is 11.0. The van der Waals surface area contributed by atoms with Gasteiger partial charge in [-0.25, -0.2) is 14.3 Å². The van der Waals surface area contributed by atoms with Crippen LogP contribution in [0.25, 0.3) is 11.0 Å². The van der Waals surface area contributed by atoms with Crippen LogP contribution in [-0.2, 0) is 0 Å². The minimum atomic E-state index is -0.626. The fraction of sp³-hybridized carbons (Fsp3) is 0. The first kappa shape index (κ1) is 8.07. The van der Waals surface area contributed by atoms with Crippen LogP contribution in [0, 0.1) is 0 Å². The molecule has 0 aliphatic carbocycles. The molecule has 0 radical (unpaired) electrons. The average Bonchev–Trinajstić information content (AvgIpc) is 2.39. The van der Waals surface area contributed by atoms with Crippen molar-refractivity contribution in [3.05, 3.63) is 29.5 Å². The molecule has 2 N–H and O–H groups in total. The van der Waals surface area contributed by atoms with E-state index in [-0.39, 0.29) is 5.28 Å². The lowest BCUT2D eigenvalue weighted by molar-refractivity contribution is 0.251. The quantitative estimate of drug-likeness (QED) is 0.694. The number of carbonyl (C=O) groups excluding carboxylic acids is 1. The molecule has 66 valence electrons. The molecule has 2 aromatic rings. The summed E-state index contributed by atoms with van der Waals surface area (Å²) in [6.07, 6.45) is 0. The van der Waals surface area contributed by atoms with Gasteiger partial charge in [0.25, 0.3) is 0 Å². The van der Waals surface area contributed by atoms with Crippen LogP contribution >= 0.6 is 11.6 Å². The Kier molecular flexibility index (Phi) is 1.70. The molecular weight excluding hydrogens is 190 g/mol. The molecule has 4 nitrogen and oxygen atoms in total. The van der Waals surface area contributed by atoms with Crippen molar-refractivity contribution in [2.75, 3.05) is 0 Å². The van der Waals surface area contributed by atoms with Gasteiger partial charge in [-0.05, 0) is 23.7 Å². The summed E-state index contributed by atoms with van der Waals surface area (Å²) in [5.41, 5.74) is 6.41. The van der Waals surface area contributed by atoms with Gasteiger partial charge in [-0.1, -0.05) is 12.1 Å². The van der Waals surface area contributed by atoms with Gasteiger partial charge in [0, 0.05) is 0 Å². The third-order valence-electron chi connectivity index (χ3n) is 1.74. The molecule has 2 rings (SSSR count). The van der Waals surface area contributed by atoms with Crippen molar-refractivity contribution in [1.29, 1.82) is 0 Å². The first-order valence-corrected chi connectivity index (χ1v) is 4.01. The molecule has 0 aliphatic heterocycles. The first-order valence-electron chi connectivity index (χ1n) is 3.63. The topological polar surface area (TPSA) is 60.9 Å². The Bertz CT molecular complexity index is 477. The van der Waals surface area contributed by atoms with Gasteiger partial charge in [0.1, 0.15) is 0 Å². The molecule has 1 aromatic carbocycles. The molecule has 13 heavy (non-hydrogen) atoms. The van der Waals surface area contributed by atoms with Crippen molar-refractivity contribution >= 4 is 28.7 Å². The lowest BCUT2D eigenvalue weighted by Crippen LogP contribution is -2.19. The van der Waals surface area contributed by atoms with Gasteiger partial charge < -0.3 is 5.73 Å². The second kappa shape index (κ2) is 2.74. The fourth-order valence-electron chi connectivity index (χ4n) is 1.21. The van der Waals surface area contributed by atoms with Crippen LogP contribution in [-0.4, -0.2) is 15.6 Å². The molecule has 0 unspecified atom stereocenters. The predicted octanol–water partition coefficient (Wildman–Crippen LogP) is 1.62. The second-order valence-electron chi connectivity index (χ2n) is 2.54. The van der Waals surface area contributed by atoms with E-state index >= 15 is 0 Å². The molecule has 0 saturated heterocycles. The molecule has 0 atom stereocenters. The fourth-order valence-corrected chi connectivity index (χ4v) is 1.47. The molecule has 1 amide bonds. The Morgan fingerprint density at radius 2 is 2.15 bits per heavy atom. The van der Waals surface area contributed by atoms with Gasteiger partial charge in [-0.2, -0.15) is 0 Å². The van der Waals surface area contributed by atoms with Gasteiger partial charge in [0.05, 0.1) is 11.0 Å². The van der Waals surface area contributed by atoms with Crippen LogP contribution in [0.1, 0.15) is 0 Å². The number of fused-ring (bicyclic) bond motifs is 1. The van der Waals surface area contributed by atoms with E-state index in [2.05, 4.69) is 4.98 Å². The Labute approximate surface area is 78.9 Å². The summed E-state index contributed by atoms with van der Waals surface area (Å²) in [5.74, 6) is 0. The number of amides is 1. The minimum Gasteiger partial charge on any atom is -0.351 e. The highest BCUT2D eigenvalue weighted by Gasteiger charge is 2.11. The van der Waals surface area contributed by atoms with Crippen molar-refractivity contribution in [3.63, 3.8) is 0 Å². The van der Waals surface area contributed by atoms with Crippen LogP contribution in [0.2, 0.25) is 5.28 Å². The van der Waals surface area contributed by atoms with Crippen molar-refractivity contribution < 1.29 is 4.79 Å². The molecule has 0 fully saturated rings. The van der Waals surface area contributed by atoms with Gasteiger partial charge in [0.2, 0.25) is 5.28 Å². The van der Waals surface area contributed by atoms with E-state index in [0.29, 0.717) is 11.0 Å². The van der Waals surface area contributed by atoms with Crippen LogP contribution < -0.4 is 5.73 Å². The normalized spacial score (nSPS) is 10.5. The van der Waals surface area contributed by atoms with E-state index < -0.39 is 6.03 Å². The number of primary amides is 1. The van der Waals surface area contributed by atoms with Gasteiger partial charge in [0.15, 0.2) is 0 Å². The number of imidazole rings is 1. The summed E-state index contributed by atoms with van der Waals surface area (Å²) >= 11 is 5.71. The number of carbonyl (C=O) groups is 1. The van der Waals surface area contributed by atoms with Crippen LogP contribution in [0.15, 0.2) is 24.3 Å². The summed E-state index contributed by atoms with van der Waals surface area (Å²) in [5, 5.41) is 0.0914. The molecule has 1 aromatic heterocycles. The number of nitrogens with two attached hydrogens (primary N) is 1. The van der Waals surface area contributed by atoms with E-state index in [0.717, 1.165) is 4.57 Å². The van der Waals surface area contributed by atoms with Crippen molar-refractivity contribution in [2.45, 2.75) is 0 Å². The number of hydrogen-bond acceptors (Lipinski definition) is 2. The number of nitrogens with zero attached hydrogens (tertiary/aromatic N) is 2. The Morgan fingerprint density at radius 3 is 2.85 bits per heavy atom. The van der Waals surface area contributed by atoms with Crippen molar-refractivity contribution in [2.24, 2.45) is 5.73 Å². The summed E-state index contributed by atoms with van der Waals surface area (Å²) in [4.78, 5) is 14.9. The zero-order valence-corrected chi connectivity index (χ0v) is 7.32. The average molecular weight is 196 g/mol. The molecule has 0 bridgehead atoms. The lowest BCUT2D eigenvalue weighted by Gasteiger charge is -1.96. The Morgan fingerprint density at radius 1 is 1.46 bits per heavy atom. The standard InChI is InChI=1S/C8H6ClN3O/c9-7-11-5-3-1-2-4-6(5)12(7)8(10)13/h1-4H,(H2,10,13). The molecule has 1 heterocycles. The number of aromatic nitrogens is 2. The summed E-state index contributed by atoms with van der Waals surface area (Å²) in [6, 6.07) is 6.48. The molecule has 0 aliphatic rings. The maximum Gasteiger partial charge on any atom is 0.325 e. The number of rotatable bonds is 0. The van der Waals surface area contributed by atoms with E-state index in [1.807, 2.05) is 6.07 Å².